The van der Waals surface area contributed by atoms with Gasteiger partial charge in [0.1, 0.15) is 5.75 Å². The zero-order valence-corrected chi connectivity index (χ0v) is 14.3. The molecule has 0 unspecified atom stereocenters. The number of ether oxygens (including phenoxy) is 1. The van der Waals surface area contributed by atoms with Crippen LogP contribution in [-0.2, 0) is 0 Å². The summed E-state index contributed by atoms with van der Waals surface area (Å²) in [7, 11) is 1.72. The summed E-state index contributed by atoms with van der Waals surface area (Å²) in [4.78, 5) is 12.7. The number of aromatic amines is 1. The van der Waals surface area contributed by atoms with Gasteiger partial charge in [0.05, 0.1) is 23.8 Å². The number of hydrogen-bond donors (Lipinski definition) is 1. The quantitative estimate of drug-likeness (QED) is 0.790. The van der Waals surface area contributed by atoms with Gasteiger partial charge < -0.3 is 19.5 Å². The lowest BCUT2D eigenvalue weighted by atomic mass is 10.2. The van der Waals surface area contributed by atoms with E-state index in [0.717, 1.165) is 59.6 Å². The van der Waals surface area contributed by atoms with E-state index in [1.54, 1.807) is 7.11 Å². The molecule has 4 rings (SSSR count). The summed E-state index contributed by atoms with van der Waals surface area (Å²) in [5.74, 6) is 1.83. The van der Waals surface area contributed by atoms with Gasteiger partial charge in [0.2, 0.25) is 5.95 Å². The molecule has 5 nitrogen and oxygen atoms in total. The van der Waals surface area contributed by atoms with Gasteiger partial charge >= 0.3 is 0 Å². The summed E-state index contributed by atoms with van der Waals surface area (Å²) < 4.78 is 5.47. The first-order chi connectivity index (χ1) is 11.7. The van der Waals surface area contributed by atoms with Crippen molar-refractivity contribution in [1.29, 1.82) is 0 Å². The number of fused-ring (bicyclic) bond motifs is 1. The van der Waals surface area contributed by atoms with Crippen molar-refractivity contribution in [2.24, 2.45) is 0 Å². The Balaban J connectivity index is 1.51. The first kappa shape index (κ1) is 15.1. The number of hydrogen-bond acceptors (Lipinski definition) is 4. The Morgan fingerprint density at radius 1 is 1.04 bits per heavy atom. The summed E-state index contributed by atoms with van der Waals surface area (Å²) in [5.41, 5.74) is 3.07. The van der Waals surface area contributed by atoms with E-state index >= 15 is 0 Å². The maximum absolute atomic E-state index is 6.05. The SMILES string of the molecule is COc1ccccc1N1CCN(c2nc3ccc(Cl)cc3[nH]2)CC1. The molecule has 24 heavy (non-hydrogen) atoms. The van der Waals surface area contributed by atoms with Gasteiger partial charge in [-0.05, 0) is 30.3 Å². The molecule has 1 saturated heterocycles. The van der Waals surface area contributed by atoms with E-state index in [9.17, 15) is 0 Å². The Bertz CT molecular complexity index is 855. The van der Waals surface area contributed by atoms with E-state index in [1.165, 1.54) is 0 Å². The van der Waals surface area contributed by atoms with Crippen LogP contribution in [0.25, 0.3) is 11.0 Å². The highest BCUT2D eigenvalue weighted by molar-refractivity contribution is 6.31. The van der Waals surface area contributed by atoms with Crippen LogP contribution < -0.4 is 14.5 Å². The van der Waals surface area contributed by atoms with Crippen LogP contribution in [0.3, 0.4) is 0 Å². The van der Waals surface area contributed by atoms with Crippen molar-refractivity contribution in [2.45, 2.75) is 0 Å². The fourth-order valence-electron chi connectivity index (χ4n) is 3.17. The van der Waals surface area contributed by atoms with Gasteiger partial charge in [-0.25, -0.2) is 4.98 Å². The van der Waals surface area contributed by atoms with Crippen molar-refractivity contribution in [2.75, 3.05) is 43.1 Å². The second kappa shape index (κ2) is 6.24. The molecule has 0 spiro atoms. The molecule has 1 fully saturated rings. The molecule has 6 heteroatoms. The van der Waals surface area contributed by atoms with Gasteiger partial charge in [-0.15, -0.1) is 0 Å². The average Bonchev–Trinajstić information content (AvgIpc) is 3.05. The van der Waals surface area contributed by atoms with E-state index in [-0.39, 0.29) is 0 Å². The number of H-pyrrole nitrogens is 1. The molecule has 0 saturated carbocycles. The van der Waals surface area contributed by atoms with Gasteiger partial charge in [0, 0.05) is 31.2 Å². The Kier molecular flexibility index (Phi) is 3.94. The highest BCUT2D eigenvalue weighted by Gasteiger charge is 2.21. The number of rotatable bonds is 3. The van der Waals surface area contributed by atoms with Gasteiger partial charge in [-0.1, -0.05) is 23.7 Å². The molecule has 0 amide bonds. The molecule has 2 aromatic carbocycles. The Morgan fingerprint density at radius 3 is 2.58 bits per heavy atom. The summed E-state index contributed by atoms with van der Waals surface area (Å²) in [6, 6.07) is 13.9. The molecule has 124 valence electrons. The molecular formula is C18H19ClN4O. The monoisotopic (exact) mass is 342 g/mol. The number of aromatic nitrogens is 2. The number of nitrogens with zero attached hydrogens (tertiary/aromatic N) is 3. The Labute approximate surface area is 145 Å². The molecule has 0 aliphatic carbocycles. The normalized spacial score (nSPS) is 15.1. The predicted molar refractivity (Wildman–Crippen MR) is 98.5 cm³/mol. The van der Waals surface area contributed by atoms with Crippen LogP contribution in [0.5, 0.6) is 5.75 Å². The van der Waals surface area contributed by atoms with Gasteiger partial charge in [0.25, 0.3) is 0 Å². The standard InChI is InChI=1S/C18H19ClN4O/c1-24-17-5-3-2-4-16(17)22-8-10-23(11-9-22)18-20-14-7-6-13(19)12-15(14)21-18/h2-7,12H,8-11H2,1H3,(H,20,21). The summed E-state index contributed by atoms with van der Waals surface area (Å²) in [6.45, 7) is 3.67. The molecule has 1 aliphatic rings. The van der Waals surface area contributed by atoms with E-state index in [2.05, 4.69) is 25.8 Å². The van der Waals surface area contributed by atoms with Crippen molar-refractivity contribution in [3.05, 3.63) is 47.5 Å². The first-order valence-corrected chi connectivity index (χ1v) is 8.40. The van der Waals surface area contributed by atoms with E-state index in [1.807, 2.05) is 36.4 Å². The van der Waals surface area contributed by atoms with Gasteiger partial charge in [-0.2, -0.15) is 0 Å². The molecule has 1 N–H and O–H groups in total. The smallest absolute Gasteiger partial charge is 0.203 e. The third-order valence-corrected chi connectivity index (χ3v) is 4.67. The number of halogens is 1. The molecule has 0 bridgehead atoms. The molecule has 0 radical (unpaired) electrons. The van der Waals surface area contributed by atoms with Crippen molar-refractivity contribution < 1.29 is 4.74 Å². The van der Waals surface area contributed by atoms with Gasteiger partial charge in [0.15, 0.2) is 0 Å². The van der Waals surface area contributed by atoms with Crippen molar-refractivity contribution in [1.82, 2.24) is 9.97 Å². The Morgan fingerprint density at radius 2 is 1.79 bits per heavy atom. The summed E-state index contributed by atoms with van der Waals surface area (Å²) >= 11 is 6.05. The van der Waals surface area contributed by atoms with Crippen LogP contribution in [0.4, 0.5) is 11.6 Å². The van der Waals surface area contributed by atoms with Crippen molar-refractivity contribution in [3.63, 3.8) is 0 Å². The van der Waals surface area contributed by atoms with Crippen molar-refractivity contribution in [3.8, 4) is 5.75 Å². The maximum atomic E-state index is 6.05. The highest BCUT2D eigenvalue weighted by atomic mass is 35.5. The number of nitrogens with one attached hydrogen (secondary N) is 1. The summed E-state index contributed by atoms with van der Waals surface area (Å²) in [6.07, 6.45) is 0. The maximum Gasteiger partial charge on any atom is 0.203 e. The number of imidazole rings is 1. The third-order valence-electron chi connectivity index (χ3n) is 4.44. The lowest BCUT2D eigenvalue weighted by Gasteiger charge is -2.36. The largest absolute Gasteiger partial charge is 0.495 e. The van der Waals surface area contributed by atoms with E-state index in [4.69, 9.17) is 16.3 Å². The highest BCUT2D eigenvalue weighted by Crippen LogP contribution is 2.29. The van der Waals surface area contributed by atoms with Crippen LogP contribution in [-0.4, -0.2) is 43.3 Å². The molecule has 0 atom stereocenters. The molecular weight excluding hydrogens is 324 g/mol. The fraction of sp³-hybridized carbons (Fsp3) is 0.278. The minimum absolute atomic E-state index is 0.721. The Hall–Kier alpha value is -2.40. The number of para-hydroxylation sites is 2. The number of piperazine rings is 1. The fourth-order valence-corrected chi connectivity index (χ4v) is 3.34. The van der Waals surface area contributed by atoms with E-state index < -0.39 is 0 Å². The van der Waals surface area contributed by atoms with Gasteiger partial charge in [-0.3, -0.25) is 0 Å². The van der Waals surface area contributed by atoms with Crippen molar-refractivity contribution >= 4 is 34.3 Å². The second-order valence-corrected chi connectivity index (χ2v) is 6.30. The predicted octanol–water partition coefficient (Wildman–Crippen LogP) is 3.55. The van der Waals surface area contributed by atoms with Crippen LogP contribution in [0.1, 0.15) is 0 Å². The van der Waals surface area contributed by atoms with Crippen LogP contribution in [0.15, 0.2) is 42.5 Å². The molecule has 2 heterocycles. The minimum Gasteiger partial charge on any atom is -0.495 e. The van der Waals surface area contributed by atoms with E-state index in [0.29, 0.717) is 0 Å². The average molecular weight is 343 g/mol. The summed E-state index contributed by atoms with van der Waals surface area (Å²) in [5, 5.41) is 0.721. The van der Waals surface area contributed by atoms with Crippen LogP contribution in [0, 0.1) is 0 Å². The molecule has 1 aliphatic heterocycles. The minimum atomic E-state index is 0.721. The van der Waals surface area contributed by atoms with Crippen LogP contribution in [0.2, 0.25) is 5.02 Å². The third kappa shape index (κ3) is 2.76. The molecule has 1 aromatic heterocycles. The lowest BCUT2D eigenvalue weighted by Crippen LogP contribution is -2.47. The number of methoxy groups -OCH3 is 1. The molecule has 3 aromatic rings. The number of anilines is 2. The second-order valence-electron chi connectivity index (χ2n) is 5.87. The van der Waals surface area contributed by atoms with Crippen LogP contribution >= 0.6 is 11.6 Å². The number of benzene rings is 2. The first-order valence-electron chi connectivity index (χ1n) is 8.03. The zero-order chi connectivity index (χ0) is 16.5. The lowest BCUT2D eigenvalue weighted by molar-refractivity contribution is 0.413. The zero-order valence-electron chi connectivity index (χ0n) is 13.5. The topological polar surface area (TPSA) is 44.4 Å².